The van der Waals surface area contributed by atoms with Crippen LogP contribution in [0.15, 0.2) is 0 Å². The molecular weight excluding hydrogens is 344 g/mol. The fraction of sp³-hybridized carbons (Fsp3) is 1.00. The lowest BCUT2D eigenvalue weighted by Gasteiger charge is -2.47. The summed E-state index contributed by atoms with van der Waals surface area (Å²) in [6.45, 7) is 20.8. The van der Waals surface area contributed by atoms with Gasteiger partial charge in [0.15, 0.2) is 25.0 Å². The Morgan fingerprint density at radius 2 is 1.09 bits per heavy atom. The highest BCUT2D eigenvalue weighted by Crippen LogP contribution is 2.33. The van der Waals surface area contributed by atoms with E-state index in [1.807, 2.05) is 0 Å². The molecule has 1 heterocycles. The van der Waals surface area contributed by atoms with Crippen LogP contribution in [0.1, 0.15) is 19.3 Å². The van der Waals surface area contributed by atoms with Crippen LogP contribution in [0.25, 0.3) is 0 Å². The molecule has 0 bridgehead atoms. The lowest BCUT2D eigenvalue weighted by Crippen LogP contribution is -2.68. The molecule has 0 aromatic rings. The van der Waals surface area contributed by atoms with Gasteiger partial charge < -0.3 is 17.1 Å². The Hall–Kier alpha value is 0.708. The Kier molecular flexibility index (Phi) is 6.89. The van der Waals surface area contributed by atoms with Crippen molar-refractivity contribution in [3.63, 3.8) is 0 Å². The van der Waals surface area contributed by atoms with E-state index in [1.54, 1.807) is 0 Å². The molecule has 0 aromatic carbocycles. The quantitative estimate of drug-likeness (QED) is 0.605. The zero-order chi connectivity index (χ0) is 17.2. The summed E-state index contributed by atoms with van der Waals surface area (Å²) in [6, 6.07) is 0. The highest BCUT2D eigenvalue weighted by atomic mass is 28.5. The van der Waals surface area contributed by atoms with Crippen LogP contribution in [-0.4, -0.2) is 46.1 Å². The van der Waals surface area contributed by atoms with E-state index in [9.17, 15) is 0 Å². The standard InChI is InChI=1S/C14H36O4Si4/c1-19(2,3)16-22(17-20(4,5)6,18-21(7,8)9)14-12-10-11-13-15-14/h14H,10-13H2,1-9H3. The van der Waals surface area contributed by atoms with Crippen LogP contribution < -0.4 is 0 Å². The van der Waals surface area contributed by atoms with E-state index in [-0.39, 0.29) is 5.73 Å². The van der Waals surface area contributed by atoms with Crippen molar-refractivity contribution in [1.82, 2.24) is 0 Å². The summed E-state index contributed by atoms with van der Waals surface area (Å²) in [5.74, 6) is 0. The normalized spacial score (nSPS) is 22.0. The molecule has 1 aliphatic rings. The molecular formula is C14H36O4Si4. The molecule has 1 atom stereocenters. The summed E-state index contributed by atoms with van der Waals surface area (Å²) < 4.78 is 26.2. The summed E-state index contributed by atoms with van der Waals surface area (Å²) >= 11 is 0. The van der Waals surface area contributed by atoms with E-state index in [4.69, 9.17) is 17.1 Å². The maximum Gasteiger partial charge on any atom is 0.500 e. The van der Waals surface area contributed by atoms with Crippen molar-refractivity contribution in [2.75, 3.05) is 6.61 Å². The molecule has 0 aliphatic carbocycles. The van der Waals surface area contributed by atoms with E-state index in [1.165, 1.54) is 6.42 Å². The van der Waals surface area contributed by atoms with E-state index in [0.717, 1.165) is 19.4 Å². The minimum absolute atomic E-state index is 0.0198. The van der Waals surface area contributed by atoms with Gasteiger partial charge >= 0.3 is 8.80 Å². The van der Waals surface area contributed by atoms with Crippen LogP contribution in [0.3, 0.4) is 0 Å². The topological polar surface area (TPSA) is 36.9 Å². The Morgan fingerprint density at radius 3 is 1.36 bits per heavy atom. The Bertz CT molecular complexity index is 311. The van der Waals surface area contributed by atoms with Crippen molar-refractivity contribution in [1.29, 1.82) is 0 Å². The van der Waals surface area contributed by atoms with Gasteiger partial charge in [-0.1, -0.05) is 0 Å². The SMILES string of the molecule is C[Si](C)(C)O[Si](O[Si](C)(C)C)(O[Si](C)(C)C)C1CCCCO1. The molecule has 0 radical (unpaired) electrons. The van der Waals surface area contributed by atoms with Gasteiger partial charge in [0.1, 0.15) is 5.73 Å². The molecule has 1 unspecified atom stereocenters. The van der Waals surface area contributed by atoms with Gasteiger partial charge in [-0.15, -0.1) is 0 Å². The van der Waals surface area contributed by atoms with Gasteiger partial charge in [0.05, 0.1) is 0 Å². The number of hydrogen-bond donors (Lipinski definition) is 0. The maximum atomic E-state index is 6.69. The van der Waals surface area contributed by atoms with E-state index < -0.39 is 33.8 Å². The zero-order valence-electron chi connectivity index (χ0n) is 16.0. The second-order valence-corrected chi connectivity index (χ2v) is 26.1. The Morgan fingerprint density at radius 1 is 0.682 bits per heavy atom. The summed E-state index contributed by atoms with van der Waals surface area (Å²) in [6.07, 6.45) is 3.32. The molecule has 1 rings (SSSR count). The van der Waals surface area contributed by atoms with Gasteiger partial charge in [-0.05, 0) is 78.2 Å². The summed E-state index contributed by atoms with van der Waals surface area (Å²) in [5.41, 5.74) is 0.0198. The van der Waals surface area contributed by atoms with Crippen LogP contribution in [0.5, 0.6) is 0 Å². The second kappa shape index (κ2) is 7.30. The highest BCUT2D eigenvalue weighted by Gasteiger charge is 2.57. The monoisotopic (exact) mass is 380 g/mol. The molecule has 0 aromatic heterocycles. The van der Waals surface area contributed by atoms with Crippen LogP contribution >= 0.6 is 0 Å². The highest BCUT2D eigenvalue weighted by molar-refractivity contribution is 6.90. The molecule has 0 N–H and O–H groups in total. The molecule has 1 aliphatic heterocycles. The van der Waals surface area contributed by atoms with Crippen molar-refractivity contribution in [3.8, 4) is 0 Å². The first-order valence-corrected chi connectivity index (χ1v) is 20.5. The van der Waals surface area contributed by atoms with Crippen molar-refractivity contribution in [2.45, 2.75) is 83.9 Å². The molecule has 8 heteroatoms. The molecule has 1 saturated heterocycles. The fourth-order valence-corrected chi connectivity index (χ4v) is 16.9. The van der Waals surface area contributed by atoms with Crippen LogP contribution in [0, 0.1) is 0 Å². The average molecular weight is 381 g/mol. The predicted octanol–water partition coefficient (Wildman–Crippen LogP) is 4.59. The van der Waals surface area contributed by atoms with Crippen molar-refractivity contribution >= 4 is 33.8 Å². The van der Waals surface area contributed by atoms with Gasteiger partial charge in [-0.25, -0.2) is 0 Å². The van der Waals surface area contributed by atoms with E-state index in [2.05, 4.69) is 58.9 Å². The van der Waals surface area contributed by atoms with Crippen LogP contribution in [0.2, 0.25) is 58.9 Å². The number of ether oxygens (including phenoxy) is 1. The molecule has 0 amide bonds. The van der Waals surface area contributed by atoms with Crippen LogP contribution in [0.4, 0.5) is 0 Å². The fourth-order valence-electron chi connectivity index (χ4n) is 2.56. The molecule has 132 valence electrons. The smallest absolute Gasteiger partial charge is 0.415 e. The number of hydrogen-bond acceptors (Lipinski definition) is 4. The van der Waals surface area contributed by atoms with Gasteiger partial charge in [-0.2, -0.15) is 0 Å². The second-order valence-electron chi connectivity index (χ2n) is 9.10. The third-order valence-corrected chi connectivity index (χ3v) is 14.9. The Balaban J connectivity index is 3.20. The van der Waals surface area contributed by atoms with Gasteiger partial charge in [-0.3, -0.25) is 0 Å². The first-order valence-electron chi connectivity index (χ1n) is 8.45. The van der Waals surface area contributed by atoms with Crippen LogP contribution in [-0.2, 0) is 17.1 Å². The molecule has 4 nitrogen and oxygen atoms in total. The Labute approximate surface area is 141 Å². The largest absolute Gasteiger partial charge is 0.500 e. The summed E-state index contributed by atoms with van der Waals surface area (Å²) in [7, 11) is -8.24. The van der Waals surface area contributed by atoms with Gasteiger partial charge in [0.2, 0.25) is 0 Å². The van der Waals surface area contributed by atoms with E-state index in [0.29, 0.717) is 0 Å². The van der Waals surface area contributed by atoms with E-state index >= 15 is 0 Å². The zero-order valence-corrected chi connectivity index (χ0v) is 20.0. The first-order chi connectivity index (χ1) is 9.73. The predicted molar refractivity (Wildman–Crippen MR) is 103 cm³/mol. The summed E-state index contributed by atoms with van der Waals surface area (Å²) in [4.78, 5) is 0. The minimum Gasteiger partial charge on any atom is -0.415 e. The average Bonchev–Trinajstić information content (AvgIpc) is 2.22. The lowest BCUT2D eigenvalue weighted by atomic mass is 10.2. The van der Waals surface area contributed by atoms with Gasteiger partial charge in [0, 0.05) is 6.61 Å². The van der Waals surface area contributed by atoms with Crippen molar-refractivity contribution in [2.24, 2.45) is 0 Å². The molecule has 22 heavy (non-hydrogen) atoms. The van der Waals surface area contributed by atoms with Crippen molar-refractivity contribution in [3.05, 3.63) is 0 Å². The summed E-state index contributed by atoms with van der Waals surface area (Å²) in [5, 5.41) is 0. The van der Waals surface area contributed by atoms with Crippen molar-refractivity contribution < 1.29 is 17.1 Å². The maximum absolute atomic E-state index is 6.69. The molecule has 0 spiro atoms. The molecule has 1 fully saturated rings. The third-order valence-electron chi connectivity index (χ3n) is 2.92. The first kappa shape index (κ1) is 20.8. The minimum atomic E-state index is -2.84. The third kappa shape index (κ3) is 7.52. The lowest BCUT2D eigenvalue weighted by molar-refractivity contribution is 0.0192. The molecule has 0 saturated carbocycles. The number of rotatable bonds is 7. The van der Waals surface area contributed by atoms with Gasteiger partial charge in [0.25, 0.3) is 0 Å².